The maximum Gasteiger partial charge on any atom is 0.272 e. The number of carbonyl (C=O) groups excluding carboxylic acids is 1. The number of nitrogen functional groups attached to an aromatic ring is 1. The number of likely N-dealkylation sites (tertiary alicyclic amines) is 1. The minimum Gasteiger partial charge on any atom is -0.397 e. The molecule has 1 aliphatic carbocycles. The average Bonchev–Trinajstić information content (AvgIpc) is 2.47. The zero-order valence-electron chi connectivity index (χ0n) is 11.6. The summed E-state index contributed by atoms with van der Waals surface area (Å²) in [5.41, 5.74) is 6.75. The number of amides is 1. The van der Waals surface area contributed by atoms with Gasteiger partial charge in [-0.3, -0.25) is 4.79 Å². The Balaban J connectivity index is 0.00000147. The molecule has 5 heteroatoms. The summed E-state index contributed by atoms with van der Waals surface area (Å²) in [5.74, 6) is 0.789. The second kappa shape index (κ2) is 6.44. The first-order chi connectivity index (χ1) is 9.25. The van der Waals surface area contributed by atoms with Gasteiger partial charge in [0.1, 0.15) is 5.69 Å². The standard InChI is InChI=1S/C15H21N3O.ClH/c16-12-7-8-13(17-10-12)15(19)18-9-3-5-11-4-1-2-6-14(11)18;/h7-8,10-11,14H,1-6,9,16H2;1H. The highest BCUT2D eigenvalue weighted by Crippen LogP contribution is 2.35. The zero-order valence-corrected chi connectivity index (χ0v) is 12.4. The molecule has 110 valence electrons. The van der Waals surface area contributed by atoms with Crippen LogP contribution in [0.5, 0.6) is 0 Å². The van der Waals surface area contributed by atoms with Crippen molar-refractivity contribution in [3.8, 4) is 0 Å². The second-order valence-corrected chi connectivity index (χ2v) is 5.73. The van der Waals surface area contributed by atoms with Gasteiger partial charge >= 0.3 is 0 Å². The van der Waals surface area contributed by atoms with Crippen molar-refractivity contribution < 1.29 is 4.79 Å². The van der Waals surface area contributed by atoms with E-state index in [-0.39, 0.29) is 18.3 Å². The van der Waals surface area contributed by atoms with E-state index in [0.717, 1.165) is 19.4 Å². The number of anilines is 1. The lowest BCUT2D eigenvalue weighted by Crippen LogP contribution is -2.49. The van der Waals surface area contributed by atoms with E-state index < -0.39 is 0 Å². The van der Waals surface area contributed by atoms with Crippen molar-refractivity contribution in [2.75, 3.05) is 12.3 Å². The largest absolute Gasteiger partial charge is 0.397 e. The van der Waals surface area contributed by atoms with Crippen LogP contribution in [0.4, 0.5) is 5.69 Å². The van der Waals surface area contributed by atoms with Crippen LogP contribution in [0.1, 0.15) is 49.0 Å². The van der Waals surface area contributed by atoms with Gasteiger partial charge in [-0.05, 0) is 43.7 Å². The fourth-order valence-electron chi connectivity index (χ4n) is 3.56. The molecule has 0 spiro atoms. The van der Waals surface area contributed by atoms with E-state index in [1.165, 1.54) is 25.7 Å². The van der Waals surface area contributed by atoms with E-state index in [1.807, 2.05) is 0 Å². The summed E-state index contributed by atoms with van der Waals surface area (Å²) in [6, 6.07) is 3.93. The van der Waals surface area contributed by atoms with Crippen molar-refractivity contribution in [3.05, 3.63) is 24.0 Å². The molecule has 4 nitrogen and oxygen atoms in total. The molecule has 2 heterocycles. The van der Waals surface area contributed by atoms with Crippen LogP contribution < -0.4 is 5.73 Å². The third kappa shape index (κ3) is 2.90. The summed E-state index contributed by atoms with van der Waals surface area (Å²) in [7, 11) is 0. The highest BCUT2D eigenvalue weighted by Gasteiger charge is 2.36. The molecule has 1 amide bonds. The Bertz CT molecular complexity index is 461. The number of fused-ring (bicyclic) bond motifs is 1. The van der Waals surface area contributed by atoms with E-state index in [1.54, 1.807) is 18.3 Å². The first-order valence-electron chi connectivity index (χ1n) is 7.28. The summed E-state index contributed by atoms with van der Waals surface area (Å²) in [6.45, 7) is 0.881. The fourth-order valence-corrected chi connectivity index (χ4v) is 3.56. The maximum atomic E-state index is 12.6. The number of nitrogens with two attached hydrogens (primary N) is 1. The Hall–Kier alpha value is -1.29. The molecule has 0 aromatic carbocycles. The monoisotopic (exact) mass is 295 g/mol. The van der Waals surface area contributed by atoms with Gasteiger partial charge in [0.05, 0.1) is 11.9 Å². The van der Waals surface area contributed by atoms with Crippen LogP contribution in [0.3, 0.4) is 0 Å². The van der Waals surface area contributed by atoms with E-state index in [9.17, 15) is 4.79 Å². The summed E-state index contributed by atoms with van der Waals surface area (Å²) in [6.07, 6.45) is 8.99. The molecule has 2 aliphatic rings. The summed E-state index contributed by atoms with van der Waals surface area (Å²) >= 11 is 0. The van der Waals surface area contributed by atoms with Gasteiger partial charge in [0.15, 0.2) is 0 Å². The zero-order chi connectivity index (χ0) is 13.2. The summed E-state index contributed by atoms with van der Waals surface area (Å²) in [4.78, 5) is 18.8. The van der Waals surface area contributed by atoms with E-state index in [2.05, 4.69) is 9.88 Å². The topological polar surface area (TPSA) is 59.2 Å². The lowest BCUT2D eigenvalue weighted by atomic mass is 9.78. The molecule has 2 unspecified atom stereocenters. The molecule has 2 fully saturated rings. The molecule has 0 radical (unpaired) electrons. The van der Waals surface area contributed by atoms with E-state index in [4.69, 9.17) is 5.73 Å². The van der Waals surface area contributed by atoms with Crippen LogP contribution in [0.2, 0.25) is 0 Å². The molecule has 1 saturated carbocycles. The Morgan fingerprint density at radius 2 is 1.95 bits per heavy atom. The number of rotatable bonds is 1. The van der Waals surface area contributed by atoms with Crippen molar-refractivity contribution in [2.24, 2.45) is 5.92 Å². The van der Waals surface area contributed by atoms with Crippen molar-refractivity contribution in [1.82, 2.24) is 9.88 Å². The number of aromatic nitrogens is 1. The lowest BCUT2D eigenvalue weighted by molar-refractivity contribution is 0.0385. The molecular formula is C15H22ClN3O. The van der Waals surface area contributed by atoms with Crippen LogP contribution in [0.25, 0.3) is 0 Å². The van der Waals surface area contributed by atoms with Crippen LogP contribution in [-0.4, -0.2) is 28.4 Å². The number of halogens is 1. The van der Waals surface area contributed by atoms with Gasteiger partial charge in [-0.25, -0.2) is 4.98 Å². The number of pyridine rings is 1. The van der Waals surface area contributed by atoms with Crippen molar-refractivity contribution >= 4 is 24.0 Å². The van der Waals surface area contributed by atoms with Gasteiger partial charge < -0.3 is 10.6 Å². The minimum atomic E-state index is 0. The van der Waals surface area contributed by atoms with Gasteiger partial charge in [-0.15, -0.1) is 12.4 Å². The SMILES string of the molecule is Cl.Nc1ccc(C(=O)N2CCCC3CCCCC32)nc1. The average molecular weight is 296 g/mol. The molecule has 3 rings (SSSR count). The predicted octanol–water partition coefficient (Wildman–Crippen LogP) is 2.88. The Morgan fingerprint density at radius 3 is 2.70 bits per heavy atom. The number of carbonyl (C=O) groups is 1. The summed E-state index contributed by atoms with van der Waals surface area (Å²) in [5, 5.41) is 0. The molecule has 0 bridgehead atoms. The quantitative estimate of drug-likeness (QED) is 0.866. The van der Waals surface area contributed by atoms with Gasteiger partial charge in [-0.2, -0.15) is 0 Å². The molecule has 1 saturated heterocycles. The van der Waals surface area contributed by atoms with Crippen LogP contribution >= 0.6 is 12.4 Å². The lowest BCUT2D eigenvalue weighted by Gasteiger charge is -2.44. The fraction of sp³-hybridized carbons (Fsp3) is 0.600. The molecule has 2 N–H and O–H groups in total. The second-order valence-electron chi connectivity index (χ2n) is 5.73. The van der Waals surface area contributed by atoms with Crippen LogP contribution in [-0.2, 0) is 0 Å². The third-order valence-electron chi connectivity index (χ3n) is 4.51. The highest BCUT2D eigenvalue weighted by molar-refractivity contribution is 5.92. The Kier molecular flexibility index (Phi) is 4.86. The first kappa shape index (κ1) is 15.1. The first-order valence-corrected chi connectivity index (χ1v) is 7.28. The third-order valence-corrected chi connectivity index (χ3v) is 4.51. The van der Waals surface area contributed by atoms with Crippen molar-refractivity contribution in [2.45, 2.75) is 44.6 Å². The van der Waals surface area contributed by atoms with Gasteiger partial charge in [0.25, 0.3) is 5.91 Å². The number of piperidine rings is 1. The molecular weight excluding hydrogens is 274 g/mol. The van der Waals surface area contributed by atoms with Crippen LogP contribution in [0.15, 0.2) is 18.3 Å². The Morgan fingerprint density at radius 1 is 1.20 bits per heavy atom. The number of nitrogens with zero attached hydrogens (tertiary/aromatic N) is 2. The van der Waals surface area contributed by atoms with Gasteiger partial charge in [0.2, 0.25) is 0 Å². The van der Waals surface area contributed by atoms with Gasteiger partial charge in [0, 0.05) is 12.6 Å². The molecule has 20 heavy (non-hydrogen) atoms. The minimum absolute atomic E-state index is 0. The van der Waals surface area contributed by atoms with E-state index in [0.29, 0.717) is 23.3 Å². The van der Waals surface area contributed by atoms with E-state index >= 15 is 0 Å². The molecule has 1 aliphatic heterocycles. The molecule has 1 aromatic heterocycles. The van der Waals surface area contributed by atoms with Crippen molar-refractivity contribution in [3.63, 3.8) is 0 Å². The van der Waals surface area contributed by atoms with Gasteiger partial charge in [-0.1, -0.05) is 12.8 Å². The van der Waals surface area contributed by atoms with Crippen LogP contribution in [0, 0.1) is 5.92 Å². The normalized spacial score (nSPS) is 25.5. The number of hydrogen-bond acceptors (Lipinski definition) is 3. The Labute approximate surface area is 126 Å². The predicted molar refractivity (Wildman–Crippen MR) is 81.9 cm³/mol. The smallest absolute Gasteiger partial charge is 0.272 e. The van der Waals surface area contributed by atoms with Crippen molar-refractivity contribution in [1.29, 1.82) is 0 Å². The number of hydrogen-bond donors (Lipinski definition) is 1. The maximum absolute atomic E-state index is 12.6. The summed E-state index contributed by atoms with van der Waals surface area (Å²) < 4.78 is 0. The highest BCUT2D eigenvalue weighted by atomic mass is 35.5. The molecule has 1 aromatic rings. The molecule has 2 atom stereocenters.